The second-order valence-corrected chi connectivity index (χ2v) is 13.4. The lowest BCUT2D eigenvalue weighted by Crippen LogP contribution is -2.42. The van der Waals surface area contributed by atoms with Crippen molar-refractivity contribution in [2.24, 2.45) is 29.4 Å². The van der Waals surface area contributed by atoms with E-state index >= 15 is 0 Å². The molecular formula is C34H59NO14. The third-order valence-corrected chi connectivity index (χ3v) is 8.60. The second-order valence-electron chi connectivity index (χ2n) is 13.4. The van der Waals surface area contributed by atoms with Gasteiger partial charge in [0.2, 0.25) is 0 Å². The molecule has 9 atom stereocenters. The number of carboxylic acids is 4. The number of carbonyl (C=O) groups is 6. The summed E-state index contributed by atoms with van der Waals surface area (Å²) in [4.78, 5) is 71.6. The number of ether oxygens (including phenoxy) is 2. The van der Waals surface area contributed by atoms with Crippen molar-refractivity contribution in [2.45, 2.75) is 154 Å². The maximum Gasteiger partial charge on any atom is 0.307 e. The van der Waals surface area contributed by atoms with E-state index in [1.165, 1.54) is 0 Å². The van der Waals surface area contributed by atoms with E-state index in [1.807, 2.05) is 13.8 Å². The van der Waals surface area contributed by atoms with E-state index in [-0.39, 0.29) is 18.8 Å². The molecule has 0 rings (SSSR count). The Morgan fingerprint density at radius 2 is 1.12 bits per heavy atom. The van der Waals surface area contributed by atoms with Crippen molar-refractivity contribution in [1.29, 1.82) is 0 Å². The molecule has 1 unspecified atom stereocenters. The average Bonchev–Trinajstić information content (AvgIpc) is 2.98. The van der Waals surface area contributed by atoms with Crippen LogP contribution in [0.25, 0.3) is 0 Å². The van der Waals surface area contributed by atoms with E-state index in [9.17, 15) is 49.2 Å². The highest BCUT2D eigenvalue weighted by Gasteiger charge is 2.37. The summed E-state index contributed by atoms with van der Waals surface area (Å²) < 4.78 is 11.5. The Labute approximate surface area is 288 Å². The molecule has 0 aliphatic carbocycles. The number of aliphatic carboxylic acids is 4. The van der Waals surface area contributed by atoms with Crippen LogP contribution in [-0.4, -0.2) is 96.9 Å². The molecule has 0 aromatic carbocycles. The van der Waals surface area contributed by atoms with Crippen LogP contribution in [0.15, 0.2) is 0 Å². The number of nitrogens with two attached hydrogens (primary N) is 1. The van der Waals surface area contributed by atoms with Gasteiger partial charge in [-0.25, -0.2) is 0 Å². The van der Waals surface area contributed by atoms with Crippen molar-refractivity contribution in [2.75, 3.05) is 0 Å². The van der Waals surface area contributed by atoms with Gasteiger partial charge in [0.15, 0.2) is 0 Å². The molecule has 0 fully saturated rings. The zero-order chi connectivity index (χ0) is 37.7. The minimum atomic E-state index is -1.55. The number of unbranched alkanes of at least 4 members (excludes halogenated alkanes) is 4. The van der Waals surface area contributed by atoms with E-state index in [0.717, 1.165) is 38.5 Å². The van der Waals surface area contributed by atoms with Crippen LogP contribution in [0.4, 0.5) is 0 Å². The summed E-state index contributed by atoms with van der Waals surface area (Å²) in [6.07, 6.45) is 0.203. The molecule has 49 heavy (non-hydrogen) atoms. The summed E-state index contributed by atoms with van der Waals surface area (Å²) in [5.74, 6) is -11.3. The smallest absolute Gasteiger partial charge is 0.307 e. The summed E-state index contributed by atoms with van der Waals surface area (Å²) in [6.45, 7) is 7.31. The number of carbonyl (C=O) groups excluding carboxylic acids is 2. The Balaban J connectivity index is 5.84. The maximum absolute atomic E-state index is 13.0. The lowest BCUT2D eigenvalue weighted by atomic mass is 9.87. The molecule has 0 aliphatic rings. The topological polar surface area (TPSA) is 268 Å². The van der Waals surface area contributed by atoms with Crippen molar-refractivity contribution in [3.8, 4) is 0 Å². The molecule has 0 bridgehead atoms. The minimum Gasteiger partial charge on any atom is -0.481 e. The van der Waals surface area contributed by atoms with Crippen molar-refractivity contribution in [3.05, 3.63) is 0 Å². The molecule has 284 valence electrons. The van der Waals surface area contributed by atoms with E-state index in [4.69, 9.17) is 25.4 Å². The number of aliphatic hydroxyl groups is 2. The maximum atomic E-state index is 13.0. The monoisotopic (exact) mass is 705 g/mol. The molecule has 0 aliphatic heterocycles. The number of carboxylic acid groups (broad SMARTS) is 4. The highest BCUT2D eigenvalue weighted by atomic mass is 16.6. The number of rotatable bonds is 29. The second kappa shape index (κ2) is 24.8. The molecule has 0 aromatic heterocycles. The molecule has 0 heterocycles. The van der Waals surface area contributed by atoms with Gasteiger partial charge in [0.05, 0.1) is 49.7 Å². The van der Waals surface area contributed by atoms with E-state index in [0.29, 0.717) is 19.3 Å². The summed E-state index contributed by atoms with van der Waals surface area (Å²) in [5, 5.41) is 57.0. The third kappa shape index (κ3) is 21.4. The molecular weight excluding hydrogens is 646 g/mol. The molecule has 15 nitrogen and oxygen atoms in total. The lowest BCUT2D eigenvalue weighted by Gasteiger charge is -2.33. The lowest BCUT2D eigenvalue weighted by molar-refractivity contribution is -0.177. The van der Waals surface area contributed by atoms with Gasteiger partial charge in [-0.1, -0.05) is 65.7 Å². The Morgan fingerprint density at radius 1 is 0.633 bits per heavy atom. The Hall–Kier alpha value is -3.30. The standard InChI is InChI=1S/C34H59NO14/c1-5-6-12-21(3)32(49-31(43)18-24(34(46)47)16-29(40)41)27(48-30(42)17-23(33(44)45)15-28(38)39)14-20(2)11-9-7-8-10-13-25(36)19-26(37)22(4)35/h20-27,32,36-37H,5-19,35H2,1-4H3,(H,38,39)(H,40,41)(H,44,45)(H,46,47)/t20-,21+,22-,23?,24+,25+,26-,27-,32+/m0/s1. The Kier molecular flexibility index (Phi) is 23.1. The third-order valence-electron chi connectivity index (χ3n) is 8.60. The SMILES string of the molecule is CCCC[C@@H](C)[C@@H](OC(=O)C[C@@H](CC(=O)O)C(=O)O)[C@H](C[C@@H](C)CCCCCC[C@@H](O)C[C@H](O)[C@H](C)N)OC(=O)CC(CC(=O)O)C(=O)O. The fraction of sp³-hybridized carbons (Fsp3) is 0.824. The molecule has 0 amide bonds. The van der Waals surface area contributed by atoms with Crippen LogP contribution in [0.3, 0.4) is 0 Å². The number of esters is 2. The van der Waals surface area contributed by atoms with Gasteiger partial charge in [-0.3, -0.25) is 28.8 Å². The molecule has 0 saturated carbocycles. The minimum absolute atomic E-state index is 0.0859. The zero-order valence-electron chi connectivity index (χ0n) is 29.3. The van der Waals surface area contributed by atoms with Gasteiger partial charge in [-0.15, -0.1) is 0 Å². The first-order valence-electron chi connectivity index (χ1n) is 17.3. The summed E-state index contributed by atoms with van der Waals surface area (Å²) in [7, 11) is 0. The molecule has 0 radical (unpaired) electrons. The fourth-order valence-corrected chi connectivity index (χ4v) is 5.58. The van der Waals surface area contributed by atoms with Gasteiger partial charge >= 0.3 is 35.8 Å². The number of hydrogen-bond acceptors (Lipinski definition) is 11. The van der Waals surface area contributed by atoms with Gasteiger partial charge < -0.3 is 45.8 Å². The summed E-state index contributed by atoms with van der Waals surface area (Å²) in [5.41, 5.74) is 5.64. The molecule has 0 aromatic rings. The number of hydrogen-bond donors (Lipinski definition) is 7. The molecule has 8 N–H and O–H groups in total. The van der Waals surface area contributed by atoms with Crippen LogP contribution in [0.5, 0.6) is 0 Å². The van der Waals surface area contributed by atoms with Crippen molar-refractivity contribution in [1.82, 2.24) is 0 Å². The van der Waals surface area contributed by atoms with E-state index in [2.05, 4.69) is 0 Å². The molecule has 0 saturated heterocycles. The van der Waals surface area contributed by atoms with Gasteiger partial charge in [0.25, 0.3) is 0 Å². The predicted octanol–water partition coefficient (Wildman–Crippen LogP) is 3.59. The first-order valence-corrected chi connectivity index (χ1v) is 17.3. The van der Waals surface area contributed by atoms with E-state index in [1.54, 1.807) is 13.8 Å². The molecule has 0 spiro atoms. The van der Waals surface area contributed by atoms with Crippen LogP contribution in [0.1, 0.15) is 124 Å². The van der Waals surface area contributed by atoms with Gasteiger partial charge in [0.1, 0.15) is 12.2 Å². The van der Waals surface area contributed by atoms with Crippen LogP contribution in [-0.2, 0) is 38.2 Å². The zero-order valence-corrected chi connectivity index (χ0v) is 29.3. The largest absolute Gasteiger partial charge is 0.481 e. The first kappa shape index (κ1) is 45.7. The highest BCUT2D eigenvalue weighted by molar-refractivity contribution is 5.83. The fourth-order valence-electron chi connectivity index (χ4n) is 5.58. The van der Waals surface area contributed by atoms with Crippen LogP contribution >= 0.6 is 0 Å². The van der Waals surface area contributed by atoms with Crippen LogP contribution in [0.2, 0.25) is 0 Å². The van der Waals surface area contributed by atoms with E-state index < -0.39 is 110 Å². The Bertz CT molecular complexity index is 1030. The first-order chi connectivity index (χ1) is 22.9. The van der Waals surface area contributed by atoms with Gasteiger partial charge in [-0.2, -0.15) is 0 Å². The average molecular weight is 706 g/mol. The van der Waals surface area contributed by atoms with Gasteiger partial charge in [0, 0.05) is 12.5 Å². The van der Waals surface area contributed by atoms with Crippen molar-refractivity contribution >= 4 is 35.8 Å². The predicted molar refractivity (Wildman–Crippen MR) is 176 cm³/mol. The van der Waals surface area contributed by atoms with Crippen LogP contribution < -0.4 is 5.73 Å². The van der Waals surface area contributed by atoms with Crippen LogP contribution in [0, 0.1) is 23.7 Å². The number of aliphatic hydroxyl groups excluding tert-OH is 2. The normalized spacial score (nSPS) is 17.0. The summed E-state index contributed by atoms with van der Waals surface area (Å²) in [6, 6.07) is -0.432. The van der Waals surface area contributed by atoms with Crippen molar-refractivity contribution in [3.63, 3.8) is 0 Å². The van der Waals surface area contributed by atoms with Crippen molar-refractivity contribution < 1.29 is 68.9 Å². The van der Waals surface area contributed by atoms with Gasteiger partial charge in [-0.05, 0) is 38.0 Å². The quantitative estimate of drug-likeness (QED) is 0.0433. The Morgan fingerprint density at radius 3 is 1.57 bits per heavy atom. The summed E-state index contributed by atoms with van der Waals surface area (Å²) >= 11 is 0. The highest BCUT2D eigenvalue weighted by Crippen LogP contribution is 2.29. The molecule has 15 heteroatoms.